The van der Waals surface area contributed by atoms with Gasteiger partial charge in [0.15, 0.2) is 5.96 Å². The molecule has 1 aliphatic heterocycles. The fourth-order valence-electron chi connectivity index (χ4n) is 3.99. The van der Waals surface area contributed by atoms with Gasteiger partial charge in [0.2, 0.25) is 0 Å². The summed E-state index contributed by atoms with van der Waals surface area (Å²) >= 11 is 0. The lowest BCUT2D eigenvalue weighted by Gasteiger charge is -2.25. The molecule has 1 fully saturated rings. The molecule has 0 aromatic heterocycles. The number of nitrogens with one attached hydrogen (secondary N) is 2. The molecule has 0 aliphatic carbocycles. The number of benzene rings is 2. The molecular weight excluding hydrogens is 485 g/mol. The molecule has 0 radical (unpaired) electrons. The number of likely N-dealkylation sites (tertiary alicyclic amines) is 1. The molecule has 0 amide bonds. The number of rotatable bonds is 8. The van der Waals surface area contributed by atoms with Gasteiger partial charge in [0.1, 0.15) is 0 Å². The van der Waals surface area contributed by atoms with Gasteiger partial charge in [-0.3, -0.25) is 9.89 Å². The van der Waals surface area contributed by atoms with Gasteiger partial charge in [0.25, 0.3) is 0 Å². The van der Waals surface area contributed by atoms with Crippen LogP contribution in [0.4, 0.5) is 0 Å². The van der Waals surface area contributed by atoms with Crippen LogP contribution < -0.4 is 10.6 Å². The third-order valence-corrected chi connectivity index (χ3v) is 5.51. The minimum atomic E-state index is 0. The first-order chi connectivity index (χ1) is 14.2. The molecule has 1 saturated heterocycles. The zero-order valence-electron chi connectivity index (χ0n) is 18.5. The van der Waals surface area contributed by atoms with Crippen LogP contribution in [-0.4, -0.2) is 56.0 Å². The third-order valence-electron chi connectivity index (χ3n) is 5.51. The number of hydrogen-bond acceptors (Lipinski definition) is 3. The highest BCUT2D eigenvalue weighted by Crippen LogP contribution is 2.19. The van der Waals surface area contributed by atoms with Gasteiger partial charge in [-0.1, -0.05) is 54.6 Å². The van der Waals surface area contributed by atoms with E-state index >= 15 is 0 Å². The van der Waals surface area contributed by atoms with Gasteiger partial charge in [-0.15, -0.1) is 24.0 Å². The van der Waals surface area contributed by atoms with E-state index in [4.69, 9.17) is 0 Å². The third kappa shape index (κ3) is 7.56. The van der Waals surface area contributed by atoms with Crippen molar-refractivity contribution in [2.24, 2.45) is 4.99 Å². The molecule has 2 aromatic carbocycles. The quantitative estimate of drug-likeness (QED) is 0.316. The standard InChI is InChI=1S/C24H35N5.HI/c1-25-24(26-16-21-12-7-8-13-22(21)19-28(2)3)27-17-23-14-9-15-29(23)18-20-10-5-4-6-11-20;/h4-8,10-13,23H,9,14-19H2,1-3H3,(H2,25,26,27);1H. The molecular formula is C24H36IN5. The van der Waals surface area contributed by atoms with E-state index in [0.29, 0.717) is 6.04 Å². The van der Waals surface area contributed by atoms with E-state index in [1.165, 1.54) is 36.1 Å². The summed E-state index contributed by atoms with van der Waals surface area (Å²) in [4.78, 5) is 9.22. The van der Waals surface area contributed by atoms with E-state index in [0.717, 1.165) is 32.1 Å². The lowest BCUT2D eigenvalue weighted by atomic mass is 10.1. The molecule has 2 N–H and O–H groups in total. The SMILES string of the molecule is CN=C(NCc1ccccc1CN(C)C)NCC1CCCN1Cc1ccccc1.I. The number of aliphatic imine (C=N–C) groups is 1. The average molecular weight is 521 g/mol. The minimum absolute atomic E-state index is 0. The second-order valence-electron chi connectivity index (χ2n) is 8.07. The van der Waals surface area contributed by atoms with Crippen molar-refractivity contribution in [2.45, 2.75) is 38.5 Å². The Morgan fingerprint density at radius 3 is 2.43 bits per heavy atom. The maximum Gasteiger partial charge on any atom is 0.191 e. The van der Waals surface area contributed by atoms with Crippen molar-refractivity contribution in [3.8, 4) is 0 Å². The molecule has 0 bridgehead atoms. The Kier molecular flexibility index (Phi) is 10.6. The molecule has 1 aliphatic rings. The van der Waals surface area contributed by atoms with Crippen LogP contribution in [0.25, 0.3) is 0 Å². The average Bonchev–Trinajstić information content (AvgIpc) is 3.16. The van der Waals surface area contributed by atoms with E-state index in [2.05, 4.69) is 94.1 Å². The highest BCUT2D eigenvalue weighted by atomic mass is 127. The summed E-state index contributed by atoms with van der Waals surface area (Å²) < 4.78 is 0. The smallest absolute Gasteiger partial charge is 0.191 e. The fourth-order valence-corrected chi connectivity index (χ4v) is 3.99. The molecule has 3 rings (SSSR count). The number of halogens is 1. The topological polar surface area (TPSA) is 42.9 Å². The van der Waals surface area contributed by atoms with Gasteiger partial charge in [-0.2, -0.15) is 0 Å². The molecule has 164 valence electrons. The molecule has 30 heavy (non-hydrogen) atoms. The number of hydrogen-bond donors (Lipinski definition) is 2. The fraction of sp³-hybridized carbons (Fsp3) is 0.458. The molecule has 1 heterocycles. The van der Waals surface area contributed by atoms with E-state index in [-0.39, 0.29) is 24.0 Å². The zero-order valence-corrected chi connectivity index (χ0v) is 20.8. The predicted octanol–water partition coefficient (Wildman–Crippen LogP) is 3.70. The van der Waals surface area contributed by atoms with Gasteiger partial charge in [-0.05, 0) is 50.2 Å². The van der Waals surface area contributed by atoms with Crippen LogP contribution in [0, 0.1) is 0 Å². The Labute approximate surface area is 199 Å². The Morgan fingerprint density at radius 2 is 1.73 bits per heavy atom. The van der Waals surface area contributed by atoms with Crippen LogP contribution in [0.1, 0.15) is 29.5 Å². The van der Waals surface area contributed by atoms with Crippen LogP contribution >= 0.6 is 24.0 Å². The van der Waals surface area contributed by atoms with Crippen LogP contribution in [0.15, 0.2) is 59.6 Å². The summed E-state index contributed by atoms with van der Waals surface area (Å²) in [5, 5.41) is 7.03. The van der Waals surface area contributed by atoms with E-state index in [9.17, 15) is 0 Å². The Morgan fingerprint density at radius 1 is 1.03 bits per heavy atom. The van der Waals surface area contributed by atoms with Gasteiger partial charge in [0.05, 0.1) is 0 Å². The predicted molar refractivity (Wildman–Crippen MR) is 137 cm³/mol. The Bertz CT molecular complexity index is 778. The van der Waals surface area contributed by atoms with Crippen LogP contribution in [0.2, 0.25) is 0 Å². The molecule has 2 aromatic rings. The molecule has 6 heteroatoms. The van der Waals surface area contributed by atoms with E-state index < -0.39 is 0 Å². The minimum Gasteiger partial charge on any atom is -0.355 e. The molecule has 1 unspecified atom stereocenters. The van der Waals surface area contributed by atoms with Crippen LogP contribution in [-0.2, 0) is 19.6 Å². The first-order valence-electron chi connectivity index (χ1n) is 10.6. The highest BCUT2D eigenvalue weighted by Gasteiger charge is 2.24. The maximum atomic E-state index is 4.43. The molecule has 1 atom stereocenters. The van der Waals surface area contributed by atoms with Crippen LogP contribution in [0.3, 0.4) is 0 Å². The summed E-state index contributed by atoms with van der Waals surface area (Å²) in [6, 6.07) is 19.9. The summed E-state index contributed by atoms with van der Waals surface area (Å²) in [5.74, 6) is 0.871. The zero-order chi connectivity index (χ0) is 20.5. The summed E-state index contributed by atoms with van der Waals surface area (Å²) in [6.07, 6.45) is 2.51. The van der Waals surface area contributed by atoms with Crippen molar-refractivity contribution in [1.82, 2.24) is 20.4 Å². The lowest BCUT2D eigenvalue weighted by Crippen LogP contribution is -2.44. The number of guanidine groups is 1. The second-order valence-corrected chi connectivity index (χ2v) is 8.07. The van der Waals surface area contributed by atoms with E-state index in [1.54, 1.807) is 0 Å². The lowest BCUT2D eigenvalue weighted by molar-refractivity contribution is 0.245. The normalized spacial score (nSPS) is 17.1. The van der Waals surface area contributed by atoms with Gasteiger partial charge >= 0.3 is 0 Å². The van der Waals surface area contributed by atoms with Crippen molar-refractivity contribution < 1.29 is 0 Å². The summed E-state index contributed by atoms with van der Waals surface area (Å²) in [5.41, 5.74) is 4.06. The van der Waals surface area contributed by atoms with Crippen molar-refractivity contribution in [3.63, 3.8) is 0 Å². The van der Waals surface area contributed by atoms with Crippen molar-refractivity contribution in [2.75, 3.05) is 34.2 Å². The van der Waals surface area contributed by atoms with Gasteiger partial charge in [0, 0.05) is 39.3 Å². The molecule has 5 nitrogen and oxygen atoms in total. The monoisotopic (exact) mass is 521 g/mol. The maximum absolute atomic E-state index is 4.43. The largest absolute Gasteiger partial charge is 0.355 e. The van der Waals surface area contributed by atoms with E-state index in [1.807, 2.05) is 7.05 Å². The van der Waals surface area contributed by atoms with Gasteiger partial charge < -0.3 is 15.5 Å². The first-order valence-corrected chi connectivity index (χ1v) is 10.6. The first kappa shape index (κ1) is 24.6. The molecule has 0 saturated carbocycles. The number of nitrogens with zero attached hydrogens (tertiary/aromatic N) is 3. The van der Waals surface area contributed by atoms with Crippen molar-refractivity contribution in [3.05, 3.63) is 71.3 Å². The Balaban J connectivity index is 0.00000320. The van der Waals surface area contributed by atoms with Crippen LogP contribution in [0.5, 0.6) is 0 Å². The molecule has 0 spiro atoms. The van der Waals surface area contributed by atoms with Gasteiger partial charge in [-0.25, -0.2) is 0 Å². The summed E-state index contributed by atoms with van der Waals surface area (Å²) in [7, 11) is 6.05. The van der Waals surface area contributed by atoms with Crippen molar-refractivity contribution >= 4 is 29.9 Å². The highest BCUT2D eigenvalue weighted by molar-refractivity contribution is 14.0. The van der Waals surface area contributed by atoms with Crippen molar-refractivity contribution in [1.29, 1.82) is 0 Å². The summed E-state index contributed by atoms with van der Waals surface area (Å²) in [6.45, 7) is 4.84. The Hall–Kier alpha value is -1.64. The second kappa shape index (κ2) is 12.9.